The highest BCUT2D eigenvalue weighted by atomic mass is 79.9. The molecule has 0 saturated carbocycles. The van der Waals surface area contributed by atoms with Crippen molar-refractivity contribution in [2.45, 2.75) is 45.4 Å². The van der Waals surface area contributed by atoms with Crippen molar-refractivity contribution in [1.29, 1.82) is 0 Å². The molecule has 1 N–H and O–H groups in total. The summed E-state index contributed by atoms with van der Waals surface area (Å²) in [6, 6.07) is 0. The second-order valence-corrected chi connectivity index (χ2v) is 6.57. The van der Waals surface area contributed by atoms with Gasteiger partial charge in [-0.1, -0.05) is 40.5 Å². The lowest BCUT2D eigenvalue weighted by Gasteiger charge is -2.32. The first-order valence-corrected chi connectivity index (χ1v) is 6.29. The molecule has 0 amide bonds. The van der Waals surface area contributed by atoms with Crippen molar-refractivity contribution in [3.05, 3.63) is 11.1 Å². The summed E-state index contributed by atoms with van der Waals surface area (Å²) in [7, 11) is 0. The zero-order chi connectivity index (χ0) is 12.5. The minimum absolute atomic E-state index is 0.000741. The summed E-state index contributed by atoms with van der Waals surface area (Å²) in [5.41, 5.74) is 2.20. The van der Waals surface area contributed by atoms with E-state index in [2.05, 4.69) is 34.9 Å². The Bertz CT molecular complexity index is 367. The Labute approximate surface area is 105 Å². The Morgan fingerprint density at radius 1 is 1.50 bits per heavy atom. The molecule has 1 atom stereocenters. The van der Waals surface area contributed by atoms with Crippen LogP contribution in [0.2, 0.25) is 0 Å². The number of allylic oxidation sites excluding steroid dienone is 2. The lowest BCUT2D eigenvalue weighted by atomic mass is 9.72. The van der Waals surface area contributed by atoms with Crippen LogP contribution in [0.15, 0.2) is 16.3 Å². The summed E-state index contributed by atoms with van der Waals surface area (Å²) in [5.74, 6) is 0.000741. The molecule has 3 nitrogen and oxygen atoms in total. The Kier molecular flexibility index (Phi) is 3.94. The fraction of sp³-hybridized carbons (Fsp3) is 0.667. The maximum Gasteiger partial charge on any atom is 0.178 e. The molecule has 0 radical (unpaired) electrons. The predicted molar refractivity (Wildman–Crippen MR) is 68.3 cm³/mol. The molecule has 0 aromatic carbocycles. The van der Waals surface area contributed by atoms with E-state index in [1.165, 1.54) is 0 Å². The molecule has 1 aliphatic carbocycles. The lowest BCUT2D eigenvalue weighted by molar-refractivity contribution is -0.114. The van der Waals surface area contributed by atoms with Crippen LogP contribution in [-0.2, 0) is 4.79 Å². The van der Waals surface area contributed by atoms with Crippen molar-refractivity contribution in [3.63, 3.8) is 0 Å². The number of alkyl halides is 1. The average molecular weight is 288 g/mol. The number of hydrogen-bond acceptors (Lipinski definition) is 3. The number of carbonyl (C=O) groups is 1. The number of nitrogens with zero attached hydrogens (tertiary/aromatic N) is 1. The minimum Gasteiger partial charge on any atom is -0.411 e. The normalized spacial score (nSPS) is 24.7. The molecule has 0 saturated heterocycles. The Morgan fingerprint density at radius 3 is 2.50 bits per heavy atom. The van der Waals surface area contributed by atoms with Crippen molar-refractivity contribution >= 4 is 27.4 Å². The van der Waals surface area contributed by atoms with E-state index in [0.717, 1.165) is 12.0 Å². The van der Waals surface area contributed by atoms with Crippen LogP contribution in [0.1, 0.15) is 40.5 Å². The van der Waals surface area contributed by atoms with Crippen LogP contribution >= 0.6 is 15.9 Å². The molecule has 0 heterocycles. The van der Waals surface area contributed by atoms with Crippen molar-refractivity contribution in [2.24, 2.45) is 10.6 Å². The maximum atomic E-state index is 12.0. The zero-order valence-corrected chi connectivity index (χ0v) is 11.8. The van der Waals surface area contributed by atoms with Gasteiger partial charge in [0.1, 0.15) is 0 Å². The highest BCUT2D eigenvalue weighted by Crippen LogP contribution is 2.37. The third kappa shape index (κ3) is 2.73. The summed E-state index contributed by atoms with van der Waals surface area (Å²) in [4.78, 5) is 11.8. The molecule has 0 aromatic rings. The van der Waals surface area contributed by atoms with Gasteiger partial charge in [-0.05, 0) is 32.1 Å². The van der Waals surface area contributed by atoms with Crippen LogP contribution in [0, 0.1) is 5.41 Å². The van der Waals surface area contributed by atoms with E-state index in [1.54, 1.807) is 6.92 Å². The summed E-state index contributed by atoms with van der Waals surface area (Å²) >= 11 is 3.27. The van der Waals surface area contributed by atoms with E-state index in [9.17, 15) is 4.79 Å². The SMILES string of the molecule is CC1=C(C(=O)C(C)Br)/C(=N/O)CC(C)(C)C1. The second kappa shape index (κ2) is 4.70. The first-order chi connectivity index (χ1) is 7.28. The summed E-state index contributed by atoms with van der Waals surface area (Å²) in [6.07, 6.45) is 1.51. The van der Waals surface area contributed by atoms with Gasteiger partial charge in [0, 0.05) is 5.57 Å². The molecular weight excluding hydrogens is 270 g/mol. The topological polar surface area (TPSA) is 49.7 Å². The Morgan fingerprint density at radius 2 is 2.06 bits per heavy atom. The standard InChI is InChI=1S/C12H18BrNO2/c1-7-5-12(3,4)6-9(14-16)10(7)11(15)8(2)13/h8,16H,5-6H2,1-4H3/b14-9+. The van der Waals surface area contributed by atoms with Crippen molar-refractivity contribution in [1.82, 2.24) is 0 Å². The predicted octanol–water partition coefficient (Wildman–Crippen LogP) is 3.31. The van der Waals surface area contributed by atoms with Crippen LogP contribution in [0.5, 0.6) is 0 Å². The van der Waals surface area contributed by atoms with Gasteiger partial charge in [0.15, 0.2) is 5.78 Å². The van der Waals surface area contributed by atoms with E-state index >= 15 is 0 Å². The molecule has 1 aliphatic rings. The van der Waals surface area contributed by atoms with Crippen molar-refractivity contribution in [2.75, 3.05) is 0 Å². The number of Topliss-reactive ketones (excluding diaryl/α,β-unsaturated/α-hetero) is 1. The third-order valence-electron chi connectivity index (χ3n) is 2.83. The Balaban J connectivity index is 3.19. The van der Waals surface area contributed by atoms with Crippen LogP contribution in [0.25, 0.3) is 0 Å². The summed E-state index contributed by atoms with van der Waals surface area (Å²) < 4.78 is 0. The number of halogens is 1. The van der Waals surface area contributed by atoms with Crippen LogP contribution in [-0.4, -0.2) is 21.5 Å². The maximum absolute atomic E-state index is 12.0. The molecule has 4 heteroatoms. The number of rotatable bonds is 2. The third-order valence-corrected chi connectivity index (χ3v) is 3.25. The van der Waals surface area contributed by atoms with E-state index in [1.807, 2.05) is 6.92 Å². The van der Waals surface area contributed by atoms with Crippen LogP contribution in [0.4, 0.5) is 0 Å². The molecule has 0 aliphatic heterocycles. The molecule has 1 rings (SSSR count). The van der Waals surface area contributed by atoms with Gasteiger partial charge in [-0.25, -0.2) is 0 Å². The van der Waals surface area contributed by atoms with Gasteiger partial charge in [-0.2, -0.15) is 0 Å². The number of carbonyl (C=O) groups excluding carboxylic acids is 1. The molecule has 0 fully saturated rings. The van der Waals surface area contributed by atoms with E-state index < -0.39 is 0 Å². The van der Waals surface area contributed by atoms with Gasteiger partial charge in [-0.15, -0.1) is 0 Å². The molecule has 1 unspecified atom stereocenters. The lowest BCUT2D eigenvalue weighted by Crippen LogP contribution is -2.31. The van der Waals surface area contributed by atoms with Gasteiger partial charge in [0.05, 0.1) is 10.5 Å². The number of ketones is 1. The van der Waals surface area contributed by atoms with Crippen molar-refractivity contribution in [3.8, 4) is 0 Å². The summed E-state index contributed by atoms with van der Waals surface area (Å²) in [5, 5.41) is 12.3. The molecule has 16 heavy (non-hydrogen) atoms. The number of oxime groups is 1. The molecule has 0 bridgehead atoms. The first-order valence-electron chi connectivity index (χ1n) is 5.38. The average Bonchev–Trinajstić information content (AvgIpc) is 2.14. The Hall–Kier alpha value is -0.640. The van der Waals surface area contributed by atoms with Gasteiger partial charge >= 0.3 is 0 Å². The highest BCUT2D eigenvalue weighted by molar-refractivity contribution is 9.10. The van der Waals surface area contributed by atoms with Crippen LogP contribution in [0.3, 0.4) is 0 Å². The van der Waals surface area contributed by atoms with Gasteiger partial charge < -0.3 is 5.21 Å². The second-order valence-electron chi connectivity index (χ2n) is 5.20. The van der Waals surface area contributed by atoms with Crippen molar-refractivity contribution < 1.29 is 10.0 Å². The van der Waals surface area contributed by atoms with E-state index in [4.69, 9.17) is 5.21 Å². The highest BCUT2D eigenvalue weighted by Gasteiger charge is 2.34. The minimum atomic E-state index is -0.240. The molecule has 90 valence electrons. The van der Waals surface area contributed by atoms with Gasteiger partial charge in [-0.3, -0.25) is 4.79 Å². The fourth-order valence-corrected chi connectivity index (χ4v) is 2.52. The van der Waals surface area contributed by atoms with Gasteiger partial charge in [0.25, 0.3) is 0 Å². The molecule has 0 spiro atoms. The molecular formula is C12H18BrNO2. The zero-order valence-electron chi connectivity index (χ0n) is 10.2. The quantitative estimate of drug-likeness (QED) is 0.481. The van der Waals surface area contributed by atoms with Crippen LogP contribution < -0.4 is 0 Å². The van der Waals surface area contributed by atoms with Gasteiger partial charge in [0.2, 0.25) is 0 Å². The monoisotopic (exact) mass is 287 g/mol. The number of hydrogen-bond donors (Lipinski definition) is 1. The fourth-order valence-electron chi connectivity index (χ4n) is 2.29. The molecule has 0 aromatic heterocycles. The first kappa shape index (κ1) is 13.4. The summed E-state index contributed by atoms with van der Waals surface area (Å²) in [6.45, 7) is 7.95. The largest absolute Gasteiger partial charge is 0.411 e. The smallest absolute Gasteiger partial charge is 0.178 e. The van der Waals surface area contributed by atoms with E-state index in [0.29, 0.717) is 17.7 Å². The van der Waals surface area contributed by atoms with E-state index in [-0.39, 0.29) is 16.0 Å².